The predicted octanol–water partition coefficient (Wildman–Crippen LogP) is 3.10. The van der Waals surface area contributed by atoms with Crippen molar-refractivity contribution in [3.8, 4) is 0 Å². The van der Waals surface area contributed by atoms with Gasteiger partial charge in [0.05, 0.1) is 10.0 Å². The van der Waals surface area contributed by atoms with Crippen molar-refractivity contribution in [3.05, 3.63) is 32.8 Å². The van der Waals surface area contributed by atoms with E-state index < -0.39 is 0 Å². The van der Waals surface area contributed by atoms with Crippen molar-refractivity contribution in [1.29, 1.82) is 0 Å². The number of nitrogens with one attached hydrogen (secondary N) is 2. The van der Waals surface area contributed by atoms with Gasteiger partial charge in [0.25, 0.3) is 0 Å². The molecule has 5 heteroatoms. The molecule has 88 valence electrons. The number of halogens is 3. The first-order valence-corrected chi connectivity index (χ1v) is 6.37. The Morgan fingerprint density at radius 3 is 2.62 bits per heavy atom. The predicted molar refractivity (Wildman–Crippen MR) is 69.6 cm³/mol. The Balaban J connectivity index is 2.00. The average molecular weight is 280 g/mol. The second kappa shape index (κ2) is 5.56. The maximum absolute atomic E-state index is 6.09. The second-order valence-electron chi connectivity index (χ2n) is 3.93. The summed E-state index contributed by atoms with van der Waals surface area (Å²) in [6, 6.07) is 4.03. The molecule has 0 aromatic heterocycles. The summed E-state index contributed by atoms with van der Waals surface area (Å²) in [6.07, 6.45) is 1.15. The van der Waals surface area contributed by atoms with Crippen molar-refractivity contribution in [3.63, 3.8) is 0 Å². The molecule has 2 rings (SSSR count). The van der Waals surface area contributed by atoms with Gasteiger partial charge in [0.2, 0.25) is 0 Å². The minimum Gasteiger partial charge on any atom is -0.315 e. The van der Waals surface area contributed by atoms with E-state index in [1.807, 2.05) is 6.07 Å². The van der Waals surface area contributed by atoms with E-state index in [2.05, 4.69) is 10.6 Å². The fraction of sp³-hybridized carbons (Fsp3) is 0.455. The van der Waals surface area contributed by atoms with E-state index in [0.717, 1.165) is 31.6 Å². The quantitative estimate of drug-likeness (QED) is 0.831. The molecule has 0 spiro atoms. The van der Waals surface area contributed by atoms with Crippen molar-refractivity contribution in [1.82, 2.24) is 10.6 Å². The van der Waals surface area contributed by atoms with Crippen LogP contribution in [0.15, 0.2) is 12.1 Å². The summed E-state index contributed by atoms with van der Waals surface area (Å²) in [5.41, 5.74) is 0.989. The zero-order valence-corrected chi connectivity index (χ0v) is 11.0. The molecule has 1 aromatic rings. The van der Waals surface area contributed by atoms with Crippen LogP contribution in [0.5, 0.6) is 0 Å². The van der Waals surface area contributed by atoms with Crippen molar-refractivity contribution < 1.29 is 0 Å². The summed E-state index contributed by atoms with van der Waals surface area (Å²) in [7, 11) is 0. The molecule has 1 atom stereocenters. The van der Waals surface area contributed by atoms with E-state index >= 15 is 0 Å². The fourth-order valence-corrected chi connectivity index (χ4v) is 2.42. The van der Waals surface area contributed by atoms with Gasteiger partial charge in [-0.15, -0.1) is 0 Å². The van der Waals surface area contributed by atoms with Crippen LogP contribution in [0.3, 0.4) is 0 Å². The van der Waals surface area contributed by atoms with Gasteiger partial charge in [-0.1, -0.05) is 34.8 Å². The van der Waals surface area contributed by atoms with Crippen molar-refractivity contribution >= 4 is 34.8 Å². The normalized spacial score (nSPS) is 20.3. The average Bonchev–Trinajstić information content (AvgIpc) is 2.74. The maximum atomic E-state index is 6.09. The van der Waals surface area contributed by atoms with Gasteiger partial charge in [-0.3, -0.25) is 0 Å². The van der Waals surface area contributed by atoms with Crippen LogP contribution in [0.2, 0.25) is 15.1 Å². The van der Waals surface area contributed by atoms with Gasteiger partial charge in [-0.05, 0) is 30.7 Å². The van der Waals surface area contributed by atoms with E-state index in [0.29, 0.717) is 21.1 Å². The van der Waals surface area contributed by atoms with Gasteiger partial charge in [0, 0.05) is 24.2 Å². The monoisotopic (exact) mass is 278 g/mol. The highest BCUT2D eigenvalue weighted by molar-refractivity contribution is 6.43. The third kappa shape index (κ3) is 3.02. The largest absolute Gasteiger partial charge is 0.315 e. The SMILES string of the molecule is Clc1cc(Cl)c(CN[C@H]2CCNC2)cc1Cl. The summed E-state index contributed by atoms with van der Waals surface area (Å²) in [6.45, 7) is 2.81. The second-order valence-corrected chi connectivity index (χ2v) is 5.15. The number of hydrogen-bond donors (Lipinski definition) is 2. The minimum absolute atomic E-state index is 0.498. The molecule has 0 saturated carbocycles. The molecule has 1 heterocycles. The standard InChI is InChI=1S/C11H13Cl3N2/c12-9-4-11(14)10(13)3-7(9)5-16-8-1-2-15-6-8/h3-4,8,15-16H,1-2,5-6H2/t8-/m0/s1. The molecule has 16 heavy (non-hydrogen) atoms. The Kier molecular flexibility index (Phi) is 4.34. The molecule has 2 nitrogen and oxygen atoms in total. The molecule has 1 aliphatic rings. The lowest BCUT2D eigenvalue weighted by Crippen LogP contribution is -2.30. The van der Waals surface area contributed by atoms with Crippen LogP contribution in [0.4, 0.5) is 0 Å². The maximum Gasteiger partial charge on any atom is 0.0607 e. The van der Waals surface area contributed by atoms with Crippen LogP contribution < -0.4 is 10.6 Å². The Hall–Kier alpha value is 0.01000. The minimum atomic E-state index is 0.498. The molecule has 1 fully saturated rings. The third-order valence-corrected chi connectivity index (χ3v) is 3.80. The topological polar surface area (TPSA) is 24.1 Å². The first kappa shape index (κ1) is 12.5. The van der Waals surface area contributed by atoms with Crippen molar-refractivity contribution in [2.75, 3.05) is 13.1 Å². The van der Waals surface area contributed by atoms with E-state index in [9.17, 15) is 0 Å². The lowest BCUT2D eigenvalue weighted by molar-refractivity contribution is 0.547. The molecule has 1 saturated heterocycles. The highest BCUT2D eigenvalue weighted by Gasteiger charge is 2.14. The zero-order chi connectivity index (χ0) is 11.5. The van der Waals surface area contributed by atoms with Gasteiger partial charge >= 0.3 is 0 Å². The van der Waals surface area contributed by atoms with E-state index in [1.165, 1.54) is 0 Å². The summed E-state index contributed by atoms with van der Waals surface area (Å²) in [4.78, 5) is 0. The first-order chi connectivity index (χ1) is 7.66. The lowest BCUT2D eigenvalue weighted by atomic mass is 10.2. The van der Waals surface area contributed by atoms with Crippen LogP contribution in [-0.4, -0.2) is 19.1 Å². The molecule has 1 aliphatic heterocycles. The highest BCUT2D eigenvalue weighted by atomic mass is 35.5. The molecule has 0 radical (unpaired) electrons. The smallest absolute Gasteiger partial charge is 0.0607 e. The van der Waals surface area contributed by atoms with Gasteiger partial charge < -0.3 is 10.6 Å². The van der Waals surface area contributed by atoms with Crippen LogP contribution in [0.1, 0.15) is 12.0 Å². The number of benzene rings is 1. The van der Waals surface area contributed by atoms with Crippen molar-refractivity contribution in [2.45, 2.75) is 19.0 Å². The Morgan fingerprint density at radius 2 is 1.94 bits per heavy atom. The van der Waals surface area contributed by atoms with Gasteiger partial charge in [0.1, 0.15) is 0 Å². The van der Waals surface area contributed by atoms with Gasteiger partial charge in [0.15, 0.2) is 0 Å². The summed E-state index contributed by atoms with van der Waals surface area (Å²) in [5, 5.41) is 8.44. The highest BCUT2D eigenvalue weighted by Crippen LogP contribution is 2.28. The summed E-state index contributed by atoms with van der Waals surface area (Å²) in [5.74, 6) is 0. The lowest BCUT2D eigenvalue weighted by Gasteiger charge is -2.12. The number of rotatable bonds is 3. The van der Waals surface area contributed by atoms with Crippen LogP contribution >= 0.6 is 34.8 Å². The first-order valence-electron chi connectivity index (χ1n) is 5.24. The van der Waals surface area contributed by atoms with Crippen molar-refractivity contribution in [2.24, 2.45) is 0 Å². The van der Waals surface area contributed by atoms with E-state index in [4.69, 9.17) is 34.8 Å². The molecular weight excluding hydrogens is 266 g/mol. The number of hydrogen-bond acceptors (Lipinski definition) is 2. The van der Waals surface area contributed by atoms with Crippen LogP contribution in [0.25, 0.3) is 0 Å². The molecule has 2 N–H and O–H groups in total. The summed E-state index contributed by atoms with van der Waals surface area (Å²) < 4.78 is 0. The van der Waals surface area contributed by atoms with Crippen LogP contribution in [-0.2, 0) is 6.54 Å². The Bertz CT molecular complexity index is 376. The van der Waals surface area contributed by atoms with Gasteiger partial charge in [-0.25, -0.2) is 0 Å². The van der Waals surface area contributed by atoms with E-state index in [-0.39, 0.29) is 0 Å². The zero-order valence-electron chi connectivity index (χ0n) is 8.69. The Morgan fingerprint density at radius 1 is 1.19 bits per heavy atom. The van der Waals surface area contributed by atoms with E-state index in [1.54, 1.807) is 6.07 Å². The Labute approximate surface area is 110 Å². The molecule has 0 bridgehead atoms. The molecule has 0 aliphatic carbocycles. The molecule has 0 unspecified atom stereocenters. The van der Waals surface area contributed by atoms with Gasteiger partial charge in [-0.2, -0.15) is 0 Å². The molecule has 1 aromatic carbocycles. The third-order valence-electron chi connectivity index (χ3n) is 2.73. The van der Waals surface area contributed by atoms with Crippen LogP contribution in [0, 0.1) is 0 Å². The molecular formula is C11H13Cl3N2. The molecule has 0 amide bonds. The fourth-order valence-electron chi connectivity index (χ4n) is 1.78. The summed E-state index contributed by atoms with van der Waals surface area (Å²) >= 11 is 17.9.